The van der Waals surface area contributed by atoms with Gasteiger partial charge in [0, 0.05) is 18.1 Å². The molecule has 0 saturated carbocycles. The molecule has 6 heteroatoms. The Labute approximate surface area is 106 Å². The highest BCUT2D eigenvalue weighted by Gasteiger charge is 2.13. The summed E-state index contributed by atoms with van der Waals surface area (Å²) < 4.78 is 18.6. The van der Waals surface area contributed by atoms with Gasteiger partial charge in [0.2, 0.25) is 0 Å². The fourth-order valence-corrected chi connectivity index (χ4v) is 1.55. The van der Waals surface area contributed by atoms with Crippen LogP contribution in [0.15, 0.2) is 16.6 Å². The van der Waals surface area contributed by atoms with Crippen LogP contribution in [0, 0.1) is 5.82 Å². The van der Waals surface area contributed by atoms with Crippen LogP contribution in [-0.2, 0) is 4.74 Å². The second kappa shape index (κ2) is 6.18. The third kappa shape index (κ3) is 3.43. The first-order valence-corrected chi connectivity index (χ1v) is 5.65. The molecule has 0 bridgehead atoms. The van der Waals surface area contributed by atoms with E-state index >= 15 is 0 Å². The van der Waals surface area contributed by atoms with Gasteiger partial charge in [-0.1, -0.05) is 11.6 Å². The van der Waals surface area contributed by atoms with Crippen LogP contribution in [0.1, 0.15) is 10.4 Å². The van der Waals surface area contributed by atoms with Gasteiger partial charge in [0.25, 0.3) is 5.91 Å². The Morgan fingerprint density at radius 2 is 2.31 bits per heavy atom. The number of carbonyl (C=O) groups is 1. The first-order chi connectivity index (χ1) is 7.56. The molecule has 0 atom stereocenters. The Balaban J connectivity index is 2.79. The number of carbonyl (C=O) groups excluding carboxylic acids is 1. The van der Waals surface area contributed by atoms with Gasteiger partial charge in [-0.15, -0.1) is 0 Å². The van der Waals surface area contributed by atoms with E-state index in [0.717, 1.165) is 6.07 Å². The van der Waals surface area contributed by atoms with Crippen molar-refractivity contribution in [3.63, 3.8) is 0 Å². The van der Waals surface area contributed by atoms with E-state index in [1.54, 1.807) is 0 Å². The van der Waals surface area contributed by atoms with Crippen LogP contribution in [0.25, 0.3) is 0 Å². The molecular formula is C10H10BrClFNO2. The van der Waals surface area contributed by atoms with Crippen molar-refractivity contribution in [2.75, 3.05) is 20.3 Å². The van der Waals surface area contributed by atoms with Gasteiger partial charge in [-0.05, 0) is 28.1 Å². The fourth-order valence-electron chi connectivity index (χ4n) is 1.06. The van der Waals surface area contributed by atoms with Crippen molar-refractivity contribution in [2.24, 2.45) is 0 Å². The molecule has 1 rings (SSSR count). The molecule has 1 N–H and O–H groups in total. The summed E-state index contributed by atoms with van der Waals surface area (Å²) in [7, 11) is 1.52. The van der Waals surface area contributed by atoms with Crippen LogP contribution in [0.2, 0.25) is 5.02 Å². The molecular weight excluding hydrogens is 300 g/mol. The van der Waals surface area contributed by atoms with Crippen LogP contribution in [0.4, 0.5) is 4.39 Å². The molecule has 1 amide bonds. The molecule has 88 valence electrons. The van der Waals surface area contributed by atoms with Crippen LogP contribution in [-0.4, -0.2) is 26.2 Å². The molecule has 16 heavy (non-hydrogen) atoms. The van der Waals surface area contributed by atoms with E-state index in [-0.39, 0.29) is 10.6 Å². The SMILES string of the molecule is COCCNC(=O)c1cc(Br)c(Cl)cc1F. The lowest BCUT2D eigenvalue weighted by Gasteiger charge is -2.06. The maximum atomic E-state index is 13.4. The van der Waals surface area contributed by atoms with Gasteiger partial charge < -0.3 is 10.1 Å². The van der Waals surface area contributed by atoms with Crippen molar-refractivity contribution in [1.82, 2.24) is 5.32 Å². The zero-order valence-electron chi connectivity index (χ0n) is 8.52. The predicted molar refractivity (Wildman–Crippen MR) is 63.3 cm³/mol. The van der Waals surface area contributed by atoms with Crippen LogP contribution in [0.3, 0.4) is 0 Å². The normalized spacial score (nSPS) is 10.2. The summed E-state index contributed by atoms with van der Waals surface area (Å²) in [6, 6.07) is 2.44. The lowest BCUT2D eigenvalue weighted by molar-refractivity contribution is 0.0933. The van der Waals surface area contributed by atoms with E-state index in [9.17, 15) is 9.18 Å². The van der Waals surface area contributed by atoms with Gasteiger partial charge in [-0.3, -0.25) is 4.79 Å². The number of benzene rings is 1. The van der Waals surface area contributed by atoms with Gasteiger partial charge >= 0.3 is 0 Å². The van der Waals surface area contributed by atoms with Crippen molar-refractivity contribution in [2.45, 2.75) is 0 Å². The van der Waals surface area contributed by atoms with Gasteiger partial charge in [0.05, 0.1) is 17.2 Å². The molecule has 1 aromatic carbocycles. The summed E-state index contributed by atoms with van der Waals surface area (Å²) in [5.74, 6) is -1.14. The minimum Gasteiger partial charge on any atom is -0.383 e. The lowest BCUT2D eigenvalue weighted by Crippen LogP contribution is -2.27. The summed E-state index contributed by atoms with van der Waals surface area (Å²) in [5.41, 5.74) is -0.0487. The molecule has 0 aromatic heterocycles. The standard InChI is InChI=1S/C10H10BrClFNO2/c1-16-3-2-14-10(15)6-4-7(11)8(12)5-9(6)13/h4-5H,2-3H2,1H3,(H,14,15). The molecule has 0 fully saturated rings. The monoisotopic (exact) mass is 309 g/mol. The van der Waals surface area contributed by atoms with Gasteiger partial charge in [-0.2, -0.15) is 0 Å². The summed E-state index contributed by atoms with van der Waals surface area (Å²) in [6.07, 6.45) is 0. The molecule has 0 radical (unpaired) electrons. The van der Waals surface area contributed by atoms with Crippen molar-refractivity contribution in [1.29, 1.82) is 0 Å². The van der Waals surface area contributed by atoms with Gasteiger partial charge in [0.15, 0.2) is 0 Å². The number of methoxy groups -OCH3 is 1. The quantitative estimate of drug-likeness (QED) is 0.686. The van der Waals surface area contributed by atoms with Crippen molar-refractivity contribution < 1.29 is 13.9 Å². The van der Waals surface area contributed by atoms with Crippen LogP contribution < -0.4 is 5.32 Å². The van der Waals surface area contributed by atoms with E-state index in [4.69, 9.17) is 16.3 Å². The second-order valence-electron chi connectivity index (χ2n) is 2.99. The maximum Gasteiger partial charge on any atom is 0.254 e. The molecule has 3 nitrogen and oxygen atoms in total. The van der Waals surface area contributed by atoms with Gasteiger partial charge in [-0.25, -0.2) is 4.39 Å². The molecule has 0 heterocycles. The Morgan fingerprint density at radius 1 is 1.62 bits per heavy atom. The third-order valence-electron chi connectivity index (χ3n) is 1.85. The average Bonchev–Trinajstić information content (AvgIpc) is 2.23. The minimum absolute atomic E-state index is 0.0487. The number of ether oxygens (including phenoxy) is 1. The highest BCUT2D eigenvalue weighted by molar-refractivity contribution is 9.10. The highest BCUT2D eigenvalue weighted by atomic mass is 79.9. The number of hydrogen-bond donors (Lipinski definition) is 1. The lowest BCUT2D eigenvalue weighted by atomic mass is 10.2. The largest absolute Gasteiger partial charge is 0.383 e. The first-order valence-electron chi connectivity index (χ1n) is 4.48. The molecule has 0 spiro atoms. The fraction of sp³-hybridized carbons (Fsp3) is 0.300. The van der Waals surface area contributed by atoms with E-state index in [0.29, 0.717) is 17.6 Å². The van der Waals surface area contributed by atoms with E-state index < -0.39 is 11.7 Å². The Kier molecular flexibility index (Phi) is 5.18. The number of halogens is 3. The molecule has 1 aromatic rings. The predicted octanol–water partition coefficient (Wildman–Crippen LogP) is 2.62. The zero-order valence-corrected chi connectivity index (χ0v) is 10.9. The molecule has 0 unspecified atom stereocenters. The second-order valence-corrected chi connectivity index (χ2v) is 4.26. The highest BCUT2D eigenvalue weighted by Crippen LogP contribution is 2.25. The Hall–Kier alpha value is -0.650. The van der Waals surface area contributed by atoms with E-state index in [1.807, 2.05) is 0 Å². The van der Waals surface area contributed by atoms with Gasteiger partial charge in [0.1, 0.15) is 5.82 Å². The number of nitrogens with one attached hydrogen (secondary N) is 1. The minimum atomic E-state index is -0.650. The summed E-state index contributed by atoms with van der Waals surface area (Å²) in [5, 5.41) is 2.75. The van der Waals surface area contributed by atoms with Crippen LogP contribution >= 0.6 is 27.5 Å². The maximum absolute atomic E-state index is 13.4. The summed E-state index contributed by atoms with van der Waals surface area (Å²) >= 11 is 8.81. The average molecular weight is 311 g/mol. The number of amides is 1. The van der Waals surface area contributed by atoms with E-state index in [2.05, 4.69) is 21.2 Å². The smallest absolute Gasteiger partial charge is 0.254 e. The summed E-state index contributed by atoms with van der Waals surface area (Å²) in [4.78, 5) is 11.5. The molecule has 0 saturated heterocycles. The zero-order chi connectivity index (χ0) is 12.1. The van der Waals surface area contributed by atoms with E-state index in [1.165, 1.54) is 13.2 Å². The summed E-state index contributed by atoms with van der Waals surface area (Å²) in [6.45, 7) is 0.705. The number of hydrogen-bond acceptors (Lipinski definition) is 2. The molecule has 0 aliphatic heterocycles. The van der Waals surface area contributed by atoms with Crippen molar-refractivity contribution in [3.8, 4) is 0 Å². The first kappa shape index (κ1) is 13.4. The molecule has 0 aliphatic rings. The van der Waals surface area contributed by atoms with Crippen molar-refractivity contribution in [3.05, 3.63) is 33.0 Å². The number of rotatable bonds is 4. The third-order valence-corrected chi connectivity index (χ3v) is 3.04. The Morgan fingerprint density at radius 3 is 2.94 bits per heavy atom. The topological polar surface area (TPSA) is 38.3 Å². The van der Waals surface area contributed by atoms with Crippen LogP contribution in [0.5, 0.6) is 0 Å². The van der Waals surface area contributed by atoms with Crippen molar-refractivity contribution >= 4 is 33.4 Å². The molecule has 0 aliphatic carbocycles. The Bertz CT molecular complexity index is 401.